The summed E-state index contributed by atoms with van der Waals surface area (Å²) < 4.78 is 5.42. The lowest BCUT2D eigenvalue weighted by Crippen LogP contribution is -2.55. The number of carboxylic acid groups (broad SMARTS) is 1. The molecule has 2 saturated carbocycles. The van der Waals surface area contributed by atoms with Crippen molar-refractivity contribution in [3.63, 3.8) is 0 Å². The first-order valence-electron chi connectivity index (χ1n) is 9.45. The Bertz CT molecular complexity index is 559. The van der Waals surface area contributed by atoms with Gasteiger partial charge in [-0.3, -0.25) is 9.69 Å². The third kappa shape index (κ3) is 4.48. The number of nitrogens with zero attached hydrogens (tertiary/aromatic N) is 2. The first-order valence-corrected chi connectivity index (χ1v) is 9.45. The van der Waals surface area contributed by atoms with E-state index in [1.807, 2.05) is 0 Å². The fourth-order valence-electron chi connectivity index (χ4n) is 3.69. The van der Waals surface area contributed by atoms with Crippen molar-refractivity contribution in [2.24, 2.45) is 5.92 Å². The summed E-state index contributed by atoms with van der Waals surface area (Å²) in [6.07, 6.45) is 5.26. The van der Waals surface area contributed by atoms with Crippen molar-refractivity contribution in [2.75, 3.05) is 14.1 Å². The smallest absolute Gasteiger partial charge is 0.410 e. The Balaban J connectivity index is 2.18. The van der Waals surface area contributed by atoms with Crippen LogP contribution in [0.3, 0.4) is 0 Å². The van der Waals surface area contributed by atoms with Gasteiger partial charge in [0, 0.05) is 14.1 Å². The Morgan fingerprint density at radius 2 is 1.69 bits per heavy atom. The number of rotatable bonds is 6. The van der Waals surface area contributed by atoms with Crippen LogP contribution >= 0.6 is 0 Å². The number of likely N-dealkylation sites (N-methyl/N-ethyl adjacent to an activating group) is 2. The van der Waals surface area contributed by atoms with Gasteiger partial charge in [0.05, 0.1) is 0 Å². The molecule has 2 amide bonds. The second-order valence-corrected chi connectivity index (χ2v) is 8.73. The molecule has 0 spiro atoms. The minimum absolute atomic E-state index is 0.315. The van der Waals surface area contributed by atoms with Crippen molar-refractivity contribution in [3.8, 4) is 0 Å². The van der Waals surface area contributed by atoms with Crippen molar-refractivity contribution in [3.05, 3.63) is 0 Å². The molecule has 2 aliphatic rings. The van der Waals surface area contributed by atoms with Gasteiger partial charge in [0.15, 0.2) is 0 Å². The normalized spacial score (nSPS) is 20.3. The maximum atomic E-state index is 13.1. The van der Waals surface area contributed by atoms with Gasteiger partial charge >= 0.3 is 12.1 Å². The predicted molar refractivity (Wildman–Crippen MR) is 96.7 cm³/mol. The molecule has 7 nitrogen and oxygen atoms in total. The van der Waals surface area contributed by atoms with Crippen molar-refractivity contribution < 1.29 is 24.2 Å². The molecule has 148 valence electrons. The molecule has 0 bridgehead atoms. The quantitative estimate of drug-likeness (QED) is 0.779. The van der Waals surface area contributed by atoms with Crippen LogP contribution in [0, 0.1) is 5.92 Å². The average molecular weight is 368 g/mol. The summed E-state index contributed by atoms with van der Waals surface area (Å²) in [5.41, 5.74) is -1.77. The van der Waals surface area contributed by atoms with Crippen molar-refractivity contribution in [2.45, 2.75) is 82.9 Å². The van der Waals surface area contributed by atoms with Gasteiger partial charge < -0.3 is 14.7 Å². The predicted octanol–water partition coefficient (Wildman–Crippen LogP) is 2.88. The third-order valence-corrected chi connectivity index (χ3v) is 5.56. The van der Waals surface area contributed by atoms with Gasteiger partial charge in [0.2, 0.25) is 5.91 Å². The Morgan fingerprint density at radius 3 is 2.12 bits per heavy atom. The fraction of sp³-hybridized carbons (Fsp3) is 0.842. The standard InChI is InChI=1S/C19H32N2O5/c1-18(2,3)26-17(25)20(4)14(12-13-8-6-7-9-13)15(22)21(5)19(10-11-19)16(23)24/h13-14H,6-12H2,1-5H3,(H,23,24)/t14-/m0/s1. The molecule has 1 N–H and O–H groups in total. The van der Waals surface area contributed by atoms with Gasteiger partial charge in [-0.2, -0.15) is 0 Å². The van der Waals surface area contributed by atoms with E-state index in [9.17, 15) is 19.5 Å². The second kappa shape index (κ2) is 7.45. The van der Waals surface area contributed by atoms with E-state index in [4.69, 9.17) is 4.74 Å². The maximum absolute atomic E-state index is 13.1. The van der Waals surface area contributed by atoms with Crippen LogP contribution in [0.15, 0.2) is 0 Å². The molecular weight excluding hydrogens is 336 g/mol. The van der Waals surface area contributed by atoms with Crippen LogP contribution in [0.5, 0.6) is 0 Å². The first kappa shape index (κ1) is 20.5. The van der Waals surface area contributed by atoms with E-state index in [2.05, 4.69) is 0 Å². The molecule has 0 aromatic heterocycles. The van der Waals surface area contributed by atoms with Crippen LogP contribution in [0.1, 0.15) is 65.7 Å². The maximum Gasteiger partial charge on any atom is 0.410 e. The van der Waals surface area contributed by atoms with E-state index in [-0.39, 0.29) is 5.91 Å². The van der Waals surface area contributed by atoms with Crippen molar-refractivity contribution in [1.29, 1.82) is 0 Å². The molecule has 1 atom stereocenters. The summed E-state index contributed by atoms with van der Waals surface area (Å²) >= 11 is 0. The number of hydrogen-bond donors (Lipinski definition) is 1. The Morgan fingerprint density at radius 1 is 1.15 bits per heavy atom. The molecular formula is C19H32N2O5. The van der Waals surface area contributed by atoms with Gasteiger partial charge in [-0.05, 0) is 46.0 Å². The van der Waals surface area contributed by atoms with Gasteiger partial charge in [-0.15, -0.1) is 0 Å². The monoisotopic (exact) mass is 368 g/mol. The number of aliphatic carboxylic acids is 1. The van der Waals surface area contributed by atoms with Crippen molar-refractivity contribution >= 4 is 18.0 Å². The highest BCUT2D eigenvalue weighted by Crippen LogP contribution is 2.42. The van der Waals surface area contributed by atoms with Gasteiger partial charge in [-0.25, -0.2) is 9.59 Å². The van der Waals surface area contributed by atoms with E-state index >= 15 is 0 Å². The van der Waals surface area contributed by atoms with Gasteiger partial charge in [0.1, 0.15) is 17.2 Å². The average Bonchev–Trinajstić information content (AvgIpc) is 3.20. The van der Waals surface area contributed by atoms with E-state index in [0.29, 0.717) is 25.2 Å². The number of carbonyl (C=O) groups excluding carboxylic acids is 2. The van der Waals surface area contributed by atoms with Crippen LogP contribution in [0.4, 0.5) is 4.79 Å². The zero-order valence-electron chi connectivity index (χ0n) is 16.6. The third-order valence-electron chi connectivity index (χ3n) is 5.56. The van der Waals surface area contributed by atoms with Crippen LogP contribution < -0.4 is 0 Å². The highest BCUT2D eigenvalue weighted by atomic mass is 16.6. The Labute approximate surface area is 155 Å². The van der Waals surface area contributed by atoms with E-state index in [0.717, 1.165) is 25.7 Å². The van der Waals surface area contributed by atoms with Crippen LogP contribution in [-0.4, -0.2) is 64.2 Å². The molecule has 0 aromatic rings. The Kier molecular flexibility index (Phi) is 5.88. The lowest BCUT2D eigenvalue weighted by molar-refractivity contribution is -0.153. The summed E-state index contributed by atoms with van der Waals surface area (Å²) in [7, 11) is 3.10. The number of carboxylic acids is 1. The first-order chi connectivity index (χ1) is 12.0. The topological polar surface area (TPSA) is 87.2 Å². The molecule has 0 heterocycles. The number of amides is 2. The SMILES string of the molecule is CN(C(=O)OC(C)(C)C)[C@@H](CC1CCCC1)C(=O)N(C)C1(C(=O)O)CC1. The number of ether oxygens (including phenoxy) is 1. The zero-order chi connectivity index (χ0) is 19.7. The molecule has 0 saturated heterocycles. The molecule has 0 unspecified atom stereocenters. The lowest BCUT2D eigenvalue weighted by atomic mass is 9.96. The second-order valence-electron chi connectivity index (χ2n) is 8.73. The molecule has 7 heteroatoms. The van der Waals surface area contributed by atoms with Crippen molar-refractivity contribution in [1.82, 2.24) is 9.80 Å². The molecule has 0 radical (unpaired) electrons. The summed E-state index contributed by atoms with van der Waals surface area (Å²) in [6.45, 7) is 5.34. The highest BCUT2D eigenvalue weighted by Gasteiger charge is 2.56. The molecule has 0 aliphatic heterocycles. The zero-order valence-corrected chi connectivity index (χ0v) is 16.6. The van der Waals surface area contributed by atoms with E-state index in [1.54, 1.807) is 27.8 Å². The van der Waals surface area contributed by atoms with Gasteiger partial charge in [0.25, 0.3) is 0 Å². The van der Waals surface area contributed by atoms with Crippen LogP contribution in [0.2, 0.25) is 0 Å². The number of hydrogen-bond acceptors (Lipinski definition) is 4. The van der Waals surface area contributed by atoms with Gasteiger partial charge in [-0.1, -0.05) is 25.7 Å². The molecule has 0 aromatic carbocycles. The molecule has 2 fully saturated rings. The van der Waals surface area contributed by atoms with E-state index < -0.39 is 29.2 Å². The molecule has 2 rings (SSSR count). The molecule has 2 aliphatic carbocycles. The largest absolute Gasteiger partial charge is 0.479 e. The van der Waals surface area contributed by atoms with Crippen LogP contribution in [-0.2, 0) is 14.3 Å². The lowest BCUT2D eigenvalue weighted by Gasteiger charge is -2.35. The minimum atomic E-state index is -1.11. The Hall–Kier alpha value is -1.79. The van der Waals surface area contributed by atoms with E-state index in [1.165, 1.54) is 16.8 Å². The highest BCUT2D eigenvalue weighted by molar-refractivity contribution is 5.92. The summed E-state index contributed by atoms with van der Waals surface area (Å²) in [5, 5.41) is 9.49. The molecule has 26 heavy (non-hydrogen) atoms. The minimum Gasteiger partial charge on any atom is -0.479 e. The fourth-order valence-corrected chi connectivity index (χ4v) is 3.69. The summed E-state index contributed by atoms with van der Waals surface area (Å²) in [6, 6.07) is -0.699. The summed E-state index contributed by atoms with van der Waals surface area (Å²) in [4.78, 5) is 39.9. The number of carbonyl (C=O) groups is 3. The summed E-state index contributed by atoms with van der Waals surface area (Å²) in [5.74, 6) is -0.916. The van der Waals surface area contributed by atoms with Crippen LogP contribution in [0.25, 0.3) is 0 Å².